The summed E-state index contributed by atoms with van der Waals surface area (Å²) >= 11 is 0. The Hall–Kier alpha value is -2.49. The molecule has 1 amide bonds. The molecule has 3 N–H and O–H groups in total. The number of carbonyl (C=O) groups is 1. The number of hydrogen-bond donors (Lipinski definition) is 2. The van der Waals surface area contributed by atoms with Gasteiger partial charge in [-0.05, 0) is 17.7 Å². The van der Waals surface area contributed by atoms with Gasteiger partial charge in [0.2, 0.25) is 5.75 Å². The third-order valence-corrected chi connectivity index (χ3v) is 4.78. The number of nitrogens with one attached hydrogen (secondary N) is 1. The van der Waals surface area contributed by atoms with E-state index in [1.807, 2.05) is 36.1 Å². The number of ether oxygens (including phenoxy) is 3. The van der Waals surface area contributed by atoms with Crippen LogP contribution >= 0.6 is 12.4 Å². The van der Waals surface area contributed by atoms with E-state index in [0.29, 0.717) is 23.8 Å². The van der Waals surface area contributed by atoms with Crippen LogP contribution in [0, 0.1) is 0 Å². The number of benzene rings is 1. The van der Waals surface area contributed by atoms with Crippen LogP contribution in [0.15, 0.2) is 24.5 Å². The SMILES string of the molecule is COc1cc(CN2CCNCC2c2nccn2C)cc(OC)c1OCC(N)=O.Cl. The van der Waals surface area contributed by atoms with Crippen LogP contribution in [0.2, 0.25) is 0 Å². The number of aryl methyl sites for hydroxylation is 1. The predicted molar refractivity (Wildman–Crippen MR) is 111 cm³/mol. The molecule has 0 bridgehead atoms. The molecule has 2 heterocycles. The maximum atomic E-state index is 11.1. The molecule has 9 nitrogen and oxygen atoms in total. The van der Waals surface area contributed by atoms with Crippen molar-refractivity contribution in [3.8, 4) is 17.2 Å². The van der Waals surface area contributed by atoms with Crippen molar-refractivity contribution in [2.45, 2.75) is 12.6 Å². The van der Waals surface area contributed by atoms with E-state index in [0.717, 1.165) is 31.0 Å². The van der Waals surface area contributed by atoms with Crippen LogP contribution in [0.5, 0.6) is 17.2 Å². The number of primary amides is 1. The first-order valence-electron chi connectivity index (χ1n) is 9.11. The summed E-state index contributed by atoms with van der Waals surface area (Å²) in [6, 6.07) is 3.96. The Morgan fingerprint density at radius 2 is 2.00 bits per heavy atom. The zero-order valence-corrected chi connectivity index (χ0v) is 17.7. The second kappa shape index (κ2) is 10.3. The van der Waals surface area contributed by atoms with Gasteiger partial charge in [0.15, 0.2) is 18.1 Å². The van der Waals surface area contributed by atoms with Crippen LogP contribution in [0.4, 0.5) is 0 Å². The van der Waals surface area contributed by atoms with Crippen LogP contribution in [0.25, 0.3) is 0 Å². The number of hydrogen-bond acceptors (Lipinski definition) is 7. The Morgan fingerprint density at radius 1 is 1.31 bits per heavy atom. The minimum Gasteiger partial charge on any atom is -0.493 e. The zero-order valence-electron chi connectivity index (χ0n) is 16.9. The van der Waals surface area contributed by atoms with Gasteiger partial charge in [0.25, 0.3) is 5.91 Å². The molecular formula is C19H28ClN5O4. The van der Waals surface area contributed by atoms with Crippen LogP contribution in [0.1, 0.15) is 17.4 Å². The van der Waals surface area contributed by atoms with Crippen molar-refractivity contribution in [2.75, 3.05) is 40.5 Å². The number of halogens is 1. The maximum Gasteiger partial charge on any atom is 0.255 e. The van der Waals surface area contributed by atoms with Gasteiger partial charge in [-0.3, -0.25) is 9.69 Å². The molecule has 0 spiro atoms. The molecule has 29 heavy (non-hydrogen) atoms. The lowest BCUT2D eigenvalue weighted by Gasteiger charge is -2.35. The smallest absolute Gasteiger partial charge is 0.255 e. The fourth-order valence-electron chi connectivity index (χ4n) is 3.43. The number of piperazine rings is 1. The van der Waals surface area contributed by atoms with Crippen molar-refractivity contribution in [2.24, 2.45) is 12.8 Å². The average Bonchev–Trinajstić information content (AvgIpc) is 3.12. The van der Waals surface area contributed by atoms with E-state index >= 15 is 0 Å². The van der Waals surface area contributed by atoms with Gasteiger partial charge in [-0.25, -0.2) is 4.98 Å². The molecule has 2 aromatic rings. The van der Waals surface area contributed by atoms with Crippen LogP contribution in [0.3, 0.4) is 0 Å². The summed E-state index contributed by atoms with van der Waals surface area (Å²) in [6.07, 6.45) is 3.78. The highest BCUT2D eigenvalue weighted by Crippen LogP contribution is 2.39. The number of nitrogens with zero attached hydrogens (tertiary/aromatic N) is 3. The van der Waals surface area contributed by atoms with E-state index in [1.165, 1.54) is 0 Å². The lowest BCUT2D eigenvalue weighted by molar-refractivity contribution is -0.120. The zero-order chi connectivity index (χ0) is 20.1. The van der Waals surface area contributed by atoms with Gasteiger partial charge in [-0.1, -0.05) is 0 Å². The first-order valence-corrected chi connectivity index (χ1v) is 9.11. The van der Waals surface area contributed by atoms with Gasteiger partial charge in [0.1, 0.15) is 5.82 Å². The molecule has 1 aliphatic rings. The van der Waals surface area contributed by atoms with Crippen molar-refractivity contribution in [1.82, 2.24) is 19.8 Å². The predicted octanol–water partition coefficient (Wildman–Crippen LogP) is 0.870. The second-order valence-electron chi connectivity index (χ2n) is 6.67. The number of nitrogens with two attached hydrogens (primary N) is 1. The molecule has 1 atom stereocenters. The van der Waals surface area contributed by atoms with Gasteiger partial charge >= 0.3 is 0 Å². The molecule has 10 heteroatoms. The summed E-state index contributed by atoms with van der Waals surface area (Å²) in [7, 11) is 5.11. The van der Waals surface area contributed by atoms with E-state index < -0.39 is 5.91 Å². The Bertz CT molecular complexity index is 804. The third kappa shape index (κ3) is 5.31. The highest BCUT2D eigenvalue weighted by Gasteiger charge is 2.27. The molecule has 1 aliphatic heterocycles. The van der Waals surface area contributed by atoms with Crippen LogP contribution < -0.4 is 25.3 Å². The molecule has 0 saturated carbocycles. The first kappa shape index (κ1) is 22.8. The Kier molecular flexibility index (Phi) is 8.12. The van der Waals surface area contributed by atoms with Crippen LogP contribution in [-0.4, -0.2) is 60.8 Å². The van der Waals surface area contributed by atoms with Gasteiger partial charge in [0.05, 0.1) is 20.3 Å². The Balaban J connectivity index is 0.00000300. The largest absolute Gasteiger partial charge is 0.493 e. The van der Waals surface area contributed by atoms with Crippen molar-refractivity contribution >= 4 is 18.3 Å². The van der Waals surface area contributed by atoms with Crippen molar-refractivity contribution in [1.29, 1.82) is 0 Å². The third-order valence-electron chi connectivity index (χ3n) is 4.78. The molecule has 1 aromatic heterocycles. The van der Waals surface area contributed by atoms with Crippen molar-refractivity contribution in [3.05, 3.63) is 35.9 Å². The Labute approximate surface area is 176 Å². The molecular weight excluding hydrogens is 398 g/mol. The minimum atomic E-state index is -0.563. The second-order valence-corrected chi connectivity index (χ2v) is 6.67. The molecule has 0 radical (unpaired) electrons. The van der Waals surface area contributed by atoms with Gasteiger partial charge in [0, 0.05) is 45.6 Å². The van der Waals surface area contributed by atoms with Crippen molar-refractivity contribution in [3.63, 3.8) is 0 Å². The topological polar surface area (TPSA) is 104 Å². The number of aromatic nitrogens is 2. The number of methoxy groups -OCH3 is 2. The van der Waals surface area contributed by atoms with E-state index in [-0.39, 0.29) is 25.1 Å². The van der Waals surface area contributed by atoms with Gasteiger partial charge in [-0.2, -0.15) is 0 Å². The van der Waals surface area contributed by atoms with Crippen LogP contribution in [-0.2, 0) is 18.4 Å². The molecule has 1 fully saturated rings. The van der Waals surface area contributed by atoms with Gasteiger partial charge < -0.3 is 29.8 Å². The molecule has 3 rings (SSSR count). The summed E-state index contributed by atoms with van der Waals surface area (Å²) in [6.45, 7) is 3.09. The molecule has 1 unspecified atom stereocenters. The maximum absolute atomic E-state index is 11.1. The number of imidazole rings is 1. The van der Waals surface area contributed by atoms with E-state index in [9.17, 15) is 4.79 Å². The highest BCUT2D eigenvalue weighted by molar-refractivity contribution is 5.85. The summed E-state index contributed by atoms with van der Waals surface area (Å²) in [5, 5.41) is 3.44. The number of carbonyl (C=O) groups excluding carboxylic acids is 1. The normalized spacial score (nSPS) is 16.7. The van der Waals surface area contributed by atoms with E-state index in [2.05, 4.69) is 15.2 Å². The fourth-order valence-corrected chi connectivity index (χ4v) is 3.43. The lowest BCUT2D eigenvalue weighted by Crippen LogP contribution is -2.46. The quantitative estimate of drug-likeness (QED) is 0.646. The van der Waals surface area contributed by atoms with Crippen molar-refractivity contribution < 1.29 is 19.0 Å². The van der Waals surface area contributed by atoms with E-state index in [1.54, 1.807) is 14.2 Å². The minimum absolute atomic E-state index is 0. The lowest BCUT2D eigenvalue weighted by atomic mass is 10.1. The fraction of sp³-hybridized carbons (Fsp3) is 0.474. The van der Waals surface area contributed by atoms with Gasteiger partial charge in [-0.15, -0.1) is 12.4 Å². The highest BCUT2D eigenvalue weighted by atomic mass is 35.5. The summed E-state index contributed by atoms with van der Waals surface area (Å²) in [4.78, 5) is 18.0. The summed E-state index contributed by atoms with van der Waals surface area (Å²) in [5.41, 5.74) is 6.20. The number of rotatable bonds is 8. The Morgan fingerprint density at radius 3 is 2.55 bits per heavy atom. The molecule has 1 aromatic carbocycles. The average molecular weight is 426 g/mol. The molecule has 160 valence electrons. The molecule has 1 saturated heterocycles. The number of amides is 1. The monoisotopic (exact) mass is 425 g/mol. The first-order chi connectivity index (χ1) is 13.5. The summed E-state index contributed by atoms with van der Waals surface area (Å²) < 4.78 is 18.5. The van der Waals surface area contributed by atoms with E-state index in [4.69, 9.17) is 19.9 Å². The molecule has 0 aliphatic carbocycles. The standard InChI is InChI=1S/C19H27N5O4.ClH/c1-23-6-5-22-19(23)14-10-21-4-7-24(14)11-13-8-15(26-2)18(16(9-13)27-3)28-12-17(20)25;/h5-6,8-9,14,21H,4,7,10-12H2,1-3H3,(H2,20,25);1H. The summed E-state index contributed by atoms with van der Waals surface area (Å²) in [5.74, 6) is 1.83.